The van der Waals surface area contributed by atoms with E-state index >= 15 is 0 Å². The van der Waals surface area contributed by atoms with Crippen LogP contribution in [0.2, 0.25) is 0 Å². The molecule has 0 aliphatic rings. The molecule has 0 fully saturated rings. The monoisotopic (exact) mass is 239 g/mol. The van der Waals surface area contributed by atoms with Gasteiger partial charge in [0.15, 0.2) is 0 Å². The average molecular weight is 240 g/mol. The number of hydrogen-bond acceptors (Lipinski definition) is 5. The van der Waals surface area contributed by atoms with Gasteiger partial charge in [-0.25, -0.2) is 10.8 Å². The van der Waals surface area contributed by atoms with Crippen molar-refractivity contribution in [3.63, 3.8) is 0 Å². The lowest BCUT2D eigenvalue weighted by molar-refractivity contribution is 1.01. The summed E-state index contributed by atoms with van der Waals surface area (Å²) in [5.41, 5.74) is 3.82. The Balaban J connectivity index is 2.66. The second kappa shape index (κ2) is 3.23. The van der Waals surface area contributed by atoms with Gasteiger partial charge in [0.25, 0.3) is 5.95 Å². The molecule has 2 aromatic rings. The third kappa shape index (κ3) is 1.58. The molecule has 0 unspecified atom stereocenters. The number of nitrogens with two attached hydrogens (primary N) is 1. The Kier molecular flexibility index (Phi) is 2.07. The molecule has 3 N–H and O–H groups in total. The fourth-order valence-corrected chi connectivity index (χ4v) is 1.32. The summed E-state index contributed by atoms with van der Waals surface area (Å²) >= 11 is 3.33. The highest BCUT2D eigenvalue weighted by Gasteiger charge is 1.99. The molecule has 0 radical (unpaired) electrons. The van der Waals surface area contributed by atoms with Crippen LogP contribution in [0.15, 0.2) is 22.7 Å². The quantitative estimate of drug-likeness (QED) is 0.576. The van der Waals surface area contributed by atoms with Gasteiger partial charge in [-0.05, 0) is 18.2 Å². The minimum Gasteiger partial charge on any atom is -0.291 e. The summed E-state index contributed by atoms with van der Waals surface area (Å²) < 4.78 is 0.949. The number of anilines is 1. The highest BCUT2D eigenvalue weighted by atomic mass is 79.9. The fourth-order valence-electron chi connectivity index (χ4n) is 0.970. The van der Waals surface area contributed by atoms with Gasteiger partial charge >= 0.3 is 0 Å². The molecule has 6 heteroatoms. The molecule has 0 amide bonds. The van der Waals surface area contributed by atoms with Crippen molar-refractivity contribution < 1.29 is 0 Å². The molecule has 0 bridgehead atoms. The lowest BCUT2D eigenvalue weighted by Crippen LogP contribution is -2.11. The van der Waals surface area contributed by atoms with E-state index in [1.54, 1.807) is 0 Å². The van der Waals surface area contributed by atoms with E-state index in [4.69, 9.17) is 5.84 Å². The van der Waals surface area contributed by atoms with Crippen LogP contribution in [0, 0.1) is 0 Å². The van der Waals surface area contributed by atoms with Crippen molar-refractivity contribution >= 4 is 32.9 Å². The van der Waals surface area contributed by atoms with E-state index in [1.807, 2.05) is 18.2 Å². The van der Waals surface area contributed by atoms with E-state index in [9.17, 15) is 0 Å². The number of aromatic nitrogens is 3. The van der Waals surface area contributed by atoms with Gasteiger partial charge in [0.2, 0.25) is 0 Å². The third-order valence-electron chi connectivity index (χ3n) is 1.55. The van der Waals surface area contributed by atoms with Gasteiger partial charge in [0.05, 0.1) is 5.52 Å². The van der Waals surface area contributed by atoms with Gasteiger partial charge < -0.3 is 0 Å². The van der Waals surface area contributed by atoms with E-state index in [0.29, 0.717) is 5.95 Å². The third-order valence-corrected chi connectivity index (χ3v) is 2.04. The standard InChI is InChI=1S/C7H6BrN5/c8-4-1-2-5-6(3-4)12-13-7(10-5)11-9/h1-3H,9H2,(H,10,11,13). The Morgan fingerprint density at radius 1 is 1.23 bits per heavy atom. The predicted molar refractivity (Wildman–Crippen MR) is 52.8 cm³/mol. The van der Waals surface area contributed by atoms with Gasteiger partial charge in [0.1, 0.15) is 5.52 Å². The molecule has 0 saturated carbocycles. The largest absolute Gasteiger partial charge is 0.291 e. The van der Waals surface area contributed by atoms with Crippen molar-refractivity contribution in [3.8, 4) is 0 Å². The fraction of sp³-hybridized carbons (Fsp3) is 0. The number of rotatable bonds is 1. The van der Waals surface area contributed by atoms with Crippen LogP contribution >= 0.6 is 15.9 Å². The molecule has 66 valence electrons. The van der Waals surface area contributed by atoms with Crippen molar-refractivity contribution in [1.82, 2.24) is 15.2 Å². The second-order valence-electron chi connectivity index (χ2n) is 2.41. The number of hydrogen-bond donors (Lipinski definition) is 2. The molecule has 1 aromatic heterocycles. The predicted octanol–water partition coefficient (Wildman–Crippen LogP) is 1.07. The lowest BCUT2D eigenvalue weighted by atomic mass is 10.3. The van der Waals surface area contributed by atoms with Gasteiger partial charge in [-0.3, -0.25) is 5.43 Å². The zero-order valence-electron chi connectivity index (χ0n) is 6.53. The normalized spacial score (nSPS) is 10.3. The molecule has 0 atom stereocenters. The van der Waals surface area contributed by atoms with Crippen LogP contribution < -0.4 is 11.3 Å². The van der Waals surface area contributed by atoms with Gasteiger partial charge in [-0.1, -0.05) is 15.9 Å². The summed E-state index contributed by atoms with van der Waals surface area (Å²) in [6.45, 7) is 0. The summed E-state index contributed by atoms with van der Waals surface area (Å²) in [6.07, 6.45) is 0. The molecule has 13 heavy (non-hydrogen) atoms. The second-order valence-corrected chi connectivity index (χ2v) is 3.33. The molecule has 2 rings (SSSR count). The van der Waals surface area contributed by atoms with Crippen LogP contribution in [0.4, 0.5) is 5.95 Å². The van der Waals surface area contributed by atoms with Gasteiger partial charge in [-0.2, -0.15) is 0 Å². The maximum Gasteiger partial charge on any atom is 0.257 e. The summed E-state index contributed by atoms with van der Waals surface area (Å²) in [5.74, 6) is 5.46. The van der Waals surface area contributed by atoms with Crippen LogP contribution in [-0.4, -0.2) is 15.2 Å². The minimum atomic E-state index is 0.315. The Morgan fingerprint density at radius 2 is 2.08 bits per heavy atom. The number of benzene rings is 1. The number of hydrazine groups is 1. The minimum absolute atomic E-state index is 0.315. The highest BCUT2D eigenvalue weighted by Crippen LogP contribution is 2.16. The Hall–Kier alpha value is -1.27. The van der Waals surface area contributed by atoms with Crippen molar-refractivity contribution in [2.75, 3.05) is 5.43 Å². The first-order chi connectivity index (χ1) is 6.29. The molecule has 0 saturated heterocycles. The zero-order valence-corrected chi connectivity index (χ0v) is 8.12. The van der Waals surface area contributed by atoms with Crippen molar-refractivity contribution in [2.24, 2.45) is 5.84 Å². The van der Waals surface area contributed by atoms with Crippen molar-refractivity contribution in [2.45, 2.75) is 0 Å². The van der Waals surface area contributed by atoms with E-state index in [2.05, 4.69) is 36.5 Å². The number of nitrogen functional groups attached to an aromatic ring is 1. The summed E-state index contributed by atoms with van der Waals surface area (Å²) in [6, 6.07) is 5.57. The summed E-state index contributed by atoms with van der Waals surface area (Å²) in [7, 11) is 0. The van der Waals surface area contributed by atoms with Crippen LogP contribution in [0.5, 0.6) is 0 Å². The van der Waals surface area contributed by atoms with Crippen molar-refractivity contribution in [3.05, 3.63) is 22.7 Å². The maximum absolute atomic E-state index is 5.15. The Morgan fingerprint density at radius 3 is 2.85 bits per heavy atom. The van der Waals surface area contributed by atoms with E-state index in [1.165, 1.54) is 0 Å². The van der Waals surface area contributed by atoms with E-state index in [0.717, 1.165) is 15.5 Å². The molecular formula is C7H6BrN5. The zero-order chi connectivity index (χ0) is 9.26. The first-order valence-electron chi connectivity index (χ1n) is 3.56. The number of nitrogens with one attached hydrogen (secondary N) is 1. The van der Waals surface area contributed by atoms with Crippen LogP contribution in [0.3, 0.4) is 0 Å². The Labute approximate surface area is 82.5 Å². The smallest absolute Gasteiger partial charge is 0.257 e. The molecule has 1 heterocycles. The van der Waals surface area contributed by atoms with Gasteiger partial charge in [0, 0.05) is 4.47 Å². The molecule has 0 aliphatic carbocycles. The highest BCUT2D eigenvalue weighted by molar-refractivity contribution is 9.10. The van der Waals surface area contributed by atoms with Crippen molar-refractivity contribution in [1.29, 1.82) is 0 Å². The molecular weight excluding hydrogens is 234 g/mol. The van der Waals surface area contributed by atoms with E-state index < -0.39 is 0 Å². The number of fused-ring (bicyclic) bond motifs is 1. The number of halogens is 1. The molecule has 0 spiro atoms. The maximum atomic E-state index is 5.15. The van der Waals surface area contributed by atoms with Gasteiger partial charge in [-0.15, -0.1) is 10.2 Å². The number of nitrogens with zero attached hydrogens (tertiary/aromatic N) is 3. The van der Waals surface area contributed by atoms with E-state index in [-0.39, 0.29) is 0 Å². The average Bonchev–Trinajstić information content (AvgIpc) is 2.17. The van der Waals surface area contributed by atoms with Crippen LogP contribution in [0.25, 0.3) is 11.0 Å². The topological polar surface area (TPSA) is 76.7 Å². The SMILES string of the molecule is NNc1nnc2cc(Br)ccc2n1. The first-order valence-corrected chi connectivity index (χ1v) is 4.35. The first kappa shape index (κ1) is 8.33. The Bertz CT molecular complexity index is 444. The molecule has 0 aliphatic heterocycles. The van der Waals surface area contributed by atoms with Crippen LogP contribution in [-0.2, 0) is 0 Å². The molecule has 5 nitrogen and oxygen atoms in total. The van der Waals surface area contributed by atoms with Crippen LogP contribution in [0.1, 0.15) is 0 Å². The molecule has 1 aromatic carbocycles. The lowest BCUT2D eigenvalue weighted by Gasteiger charge is -1.98. The summed E-state index contributed by atoms with van der Waals surface area (Å²) in [4.78, 5) is 4.10. The summed E-state index contributed by atoms with van der Waals surface area (Å²) in [5, 5.41) is 7.68.